The van der Waals surface area contributed by atoms with E-state index in [1.807, 2.05) is 0 Å². The standard InChI is InChI=1S/C10H13NO3S/c1-3-11(7(2)12)9(10(13)14)8-4-5-15-6-8/h4-6,9H,3H2,1-2H3,(H,13,14). The Morgan fingerprint density at radius 2 is 2.27 bits per heavy atom. The van der Waals surface area contributed by atoms with Gasteiger partial charge in [0.05, 0.1) is 0 Å². The van der Waals surface area contributed by atoms with Crippen LogP contribution in [0.4, 0.5) is 0 Å². The Morgan fingerprint density at radius 3 is 2.60 bits per heavy atom. The van der Waals surface area contributed by atoms with Crippen LogP contribution in [0.2, 0.25) is 0 Å². The first kappa shape index (κ1) is 11.7. The van der Waals surface area contributed by atoms with E-state index in [2.05, 4.69) is 0 Å². The van der Waals surface area contributed by atoms with Crippen molar-refractivity contribution in [1.82, 2.24) is 4.90 Å². The smallest absolute Gasteiger partial charge is 0.331 e. The lowest BCUT2D eigenvalue weighted by Gasteiger charge is -2.25. The van der Waals surface area contributed by atoms with Crippen molar-refractivity contribution in [3.8, 4) is 0 Å². The Balaban J connectivity index is 3.02. The third-order valence-electron chi connectivity index (χ3n) is 2.15. The first-order valence-corrected chi connectivity index (χ1v) is 5.54. The lowest BCUT2D eigenvalue weighted by atomic mass is 10.1. The molecule has 0 aliphatic carbocycles. The van der Waals surface area contributed by atoms with Gasteiger partial charge in [-0.15, -0.1) is 0 Å². The zero-order chi connectivity index (χ0) is 11.4. The molecular formula is C10H13NO3S. The molecule has 0 saturated carbocycles. The predicted molar refractivity (Wildman–Crippen MR) is 57.8 cm³/mol. The molecule has 15 heavy (non-hydrogen) atoms. The molecular weight excluding hydrogens is 214 g/mol. The van der Waals surface area contributed by atoms with Gasteiger partial charge in [-0.2, -0.15) is 11.3 Å². The number of rotatable bonds is 4. The van der Waals surface area contributed by atoms with Gasteiger partial charge in [-0.05, 0) is 29.3 Å². The lowest BCUT2D eigenvalue weighted by molar-refractivity contribution is -0.149. The number of hydrogen-bond donors (Lipinski definition) is 1. The van der Waals surface area contributed by atoms with Crippen LogP contribution in [0.5, 0.6) is 0 Å². The molecule has 4 nitrogen and oxygen atoms in total. The molecule has 0 fully saturated rings. The van der Waals surface area contributed by atoms with Crippen molar-refractivity contribution in [2.75, 3.05) is 6.54 Å². The fraction of sp³-hybridized carbons (Fsp3) is 0.400. The Labute approximate surface area is 92.1 Å². The molecule has 0 radical (unpaired) electrons. The highest BCUT2D eigenvalue weighted by Crippen LogP contribution is 2.23. The number of aliphatic carboxylic acids is 1. The van der Waals surface area contributed by atoms with Crippen molar-refractivity contribution < 1.29 is 14.7 Å². The predicted octanol–water partition coefficient (Wildman–Crippen LogP) is 1.74. The number of nitrogens with zero attached hydrogens (tertiary/aromatic N) is 1. The van der Waals surface area contributed by atoms with E-state index < -0.39 is 12.0 Å². The summed E-state index contributed by atoms with van der Waals surface area (Å²) < 4.78 is 0. The SMILES string of the molecule is CCN(C(C)=O)C(C(=O)O)c1ccsc1. The summed E-state index contributed by atoms with van der Waals surface area (Å²) in [7, 11) is 0. The largest absolute Gasteiger partial charge is 0.479 e. The quantitative estimate of drug-likeness (QED) is 0.852. The third-order valence-corrected chi connectivity index (χ3v) is 2.85. The number of hydrogen-bond acceptors (Lipinski definition) is 3. The number of likely N-dealkylation sites (N-methyl/N-ethyl adjacent to an activating group) is 1. The minimum absolute atomic E-state index is 0.226. The molecule has 0 bridgehead atoms. The minimum Gasteiger partial charge on any atom is -0.479 e. The van der Waals surface area contributed by atoms with Gasteiger partial charge in [0.2, 0.25) is 5.91 Å². The van der Waals surface area contributed by atoms with Gasteiger partial charge in [0.15, 0.2) is 6.04 Å². The highest BCUT2D eigenvalue weighted by atomic mass is 32.1. The molecule has 1 atom stereocenters. The Kier molecular flexibility index (Phi) is 3.85. The van der Waals surface area contributed by atoms with Gasteiger partial charge in [-0.25, -0.2) is 4.79 Å². The highest BCUT2D eigenvalue weighted by Gasteiger charge is 2.28. The third kappa shape index (κ3) is 2.56. The van der Waals surface area contributed by atoms with Crippen molar-refractivity contribution in [1.29, 1.82) is 0 Å². The second-order valence-corrected chi connectivity index (χ2v) is 3.88. The summed E-state index contributed by atoms with van der Waals surface area (Å²) in [6, 6.07) is 0.869. The van der Waals surface area contributed by atoms with Crippen LogP contribution >= 0.6 is 11.3 Å². The minimum atomic E-state index is -0.995. The van der Waals surface area contributed by atoms with E-state index in [0.717, 1.165) is 0 Å². The fourth-order valence-corrected chi connectivity index (χ4v) is 2.15. The van der Waals surface area contributed by atoms with E-state index in [1.165, 1.54) is 23.2 Å². The Morgan fingerprint density at radius 1 is 1.60 bits per heavy atom. The van der Waals surface area contributed by atoms with Crippen LogP contribution in [-0.2, 0) is 9.59 Å². The van der Waals surface area contributed by atoms with Gasteiger partial charge in [-0.1, -0.05) is 0 Å². The van der Waals surface area contributed by atoms with Crippen LogP contribution in [0, 0.1) is 0 Å². The molecule has 1 aromatic heterocycles. The summed E-state index contributed by atoms with van der Waals surface area (Å²) in [4.78, 5) is 23.7. The maximum Gasteiger partial charge on any atom is 0.331 e. The summed E-state index contributed by atoms with van der Waals surface area (Å²) >= 11 is 1.42. The normalized spacial score (nSPS) is 12.1. The molecule has 0 aliphatic rings. The number of carbonyl (C=O) groups excluding carboxylic acids is 1. The monoisotopic (exact) mass is 227 g/mol. The molecule has 1 amide bonds. The van der Waals surface area contributed by atoms with Crippen LogP contribution in [-0.4, -0.2) is 28.4 Å². The summed E-state index contributed by atoms with van der Waals surface area (Å²) in [6.45, 7) is 3.54. The second kappa shape index (κ2) is 4.93. The summed E-state index contributed by atoms with van der Waals surface area (Å²) in [5.41, 5.74) is 0.657. The van der Waals surface area contributed by atoms with Crippen molar-refractivity contribution in [2.24, 2.45) is 0 Å². The van der Waals surface area contributed by atoms with Crippen LogP contribution < -0.4 is 0 Å². The van der Waals surface area contributed by atoms with Gasteiger partial charge in [-0.3, -0.25) is 4.79 Å². The summed E-state index contributed by atoms with van der Waals surface area (Å²) in [6.07, 6.45) is 0. The van der Waals surface area contributed by atoms with Gasteiger partial charge < -0.3 is 10.0 Å². The van der Waals surface area contributed by atoms with Crippen LogP contribution in [0.1, 0.15) is 25.5 Å². The molecule has 1 unspecified atom stereocenters. The summed E-state index contributed by atoms with van der Waals surface area (Å²) in [5.74, 6) is -1.22. The average molecular weight is 227 g/mol. The number of carboxylic acids is 1. The number of carboxylic acid groups (broad SMARTS) is 1. The van der Waals surface area contributed by atoms with E-state index in [0.29, 0.717) is 12.1 Å². The topological polar surface area (TPSA) is 57.6 Å². The maximum absolute atomic E-state index is 11.3. The Bertz CT molecular complexity index is 348. The van der Waals surface area contributed by atoms with Crippen LogP contribution in [0.25, 0.3) is 0 Å². The van der Waals surface area contributed by atoms with Crippen LogP contribution in [0.15, 0.2) is 16.8 Å². The zero-order valence-electron chi connectivity index (χ0n) is 8.64. The van der Waals surface area contributed by atoms with E-state index in [9.17, 15) is 9.59 Å². The first-order valence-electron chi connectivity index (χ1n) is 4.60. The van der Waals surface area contributed by atoms with Crippen molar-refractivity contribution >= 4 is 23.2 Å². The molecule has 82 valence electrons. The van der Waals surface area contributed by atoms with Crippen molar-refractivity contribution in [3.05, 3.63) is 22.4 Å². The molecule has 1 N–H and O–H groups in total. The van der Waals surface area contributed by atoms with Crippen LogP contribution in [0.3, 0.4) is 0 Å². The lowest BCUT2D eigenvalue weighted by Crippen LogP contribution is -2.37. The van der Waals surface area contributed by atoms with Gasteiger partial charge in [0.25, 0.3) is 0 Å². The molecule has 1 rings (SSSR count). The fourth-order valence-electron chi connectivity index (χ4n) is 1.47. The van der Waals surface area contributed by atoms with E-state index in [-0.39, 0.29) is 5.91 Å². The van der Waals surface area contributed by atoms with Gasteiger partial charge in [0.1, 0.15) is 0 Å². The second-order valence-electron chi connectivity index (χ2n) is 3.10. The average Bonchev–Trinajstić information content (AvgIpc) is 2.64. The van der Waals surface area contributed by atoms with Crippen molar-refractivity contribution in [2.45, 2.75) is 19.9 Å². The molecule has 0 aliphatic heterocycles. The molecule has 1 heterocycles. The zero-order valence-corrected chi connectivity index (χ0v) is 9.45. The molecule has 1 aromatic rings. The molecule has 5 heteroatoms. The number of thiophene rings is 1. The highest BCUT2D eigenvalue weighted by molar-refractivity contribution is 7.08. The molecule has 0 spiro atoms. The molecule has 0 aromatic carbocycles. The van der Waals surface area contributed by atoms with Gasteiger partial charge in [0, 0.05) is 13.5 Å². The first-order chi connectivity index (χ1) is 7.07. The Hall–Kier alpha value is -1.36. The van der Waals surface area contributed by atoms with Crippen molar-refractivity contribution in [3.63, 3.8) is 0 Å². The maximum atomic E-state index is 11.3. The van der Waals surface area contributed by atoms with E-state index in [1.54, 1.807) is 23.8 Å². The number of carbonyl (C=O) groups is 2. The van der Waals surface area contributed by atoms with E-state index >= 15 is 0 Å². The number of amides is 1. The van der Waals surface area contributed by atoms with E-state index in [4.69, 9.17) is 5.11 Å². The summed E-state index contributed by atoms with van der Waals surface area (Å²) in [5, 5.41) is 12.7. The molecule has 0 saturated heterocycles. The van der Waals surface area contributed by atoms with Gasteiger partial charge >= 0.3 is 5.97 Å².